The highest BCUT2D eigenvalue weighted by Gasteiger charge is 2.38. The van der Waals surface area contributed by atoms with Gasteiger partial charge in [-0.15, -0.1) is 0 Å². The number of nitrogens with zero attached hydrogens (tertiary/aromatic N) is 1. The van der Waals surface area contributed by atoms with E-state index < -0.39 is 0 Å². The van der Waals surface area contributed by atoms with Gasteiger partial charge in [0.25, 0.3) is 0 Å². The molecule has 0 radical (unpaired) electrons. The maximum Gasteiger partial charge on any atom is 0.225 e. The quantitative estimate of drug-likeness (QED) is 0.869. The Morgan fingerprint density at radius 2 is 2.04 bits per heavy atom. The van der Waals surface area contributed by atoms with Crippen molar-refractivity contribution in [2.45, 2.75) is 45.1 Å². The van der Waals surface area contributed by atoms with E-state index in [1.54, 1.807) is 0 Å². The average Bonchev–Trinajstić information content (AvgIpc) is 3.22. The van der Waals surface area contributed by atoms with E-state index in [1.807, 2.05) is 0 Å². The Labute approximate surface area is 162 Å². The van der Waals surface area contributed by atoms with Gasteiger partial charge in [0.05, 0.1) is 0 Å². The van der Waals surface area contributed by atoms with Crippen molar-refractivity contribution in [3.63, 3.8) is 0 Å². The molecule has 27 heavy (non-hydrogen) atoms. The Balaban J connectivity index is 1.57. The summed E-state index contributed by atoms with van der Waals surface area (Å²) in [5, 5.41) is 2.65. The lowest BCUT2D eigenvalue weighted by atomic mass is 9.79. The number of hydrazine groups is 1. The van der Waals surface area contributed by atoms with Crippen molar-refractivity contribution in [1.82, 2.24) is 15.8 Å². The van der Waals surface area contributed by atoms with Crippen molar-refractivity contribution in [3.8, 4) is 0 Å². The zero-order valence-electron chi connectivity index (χ0n) is 16.4. The van der Waals surface area contributed by atoms with Crippen molar-refractivity contribution >= 4 is 16.7 Å². The number of fused-ring (bicyclic) bond motifs is 1. The van der Waals surface area contributed by atoms with Gasteiger partial charge in [0, 0.05) is 37.5 Å². The lowest BCUT2D eigenvalue weighted by Gasteiger charge is -2.38. The van der Waals surface area contributed by atoms with Crippen molar-refractivity contribution in [2.75, 3.05) is 19.6 Å². The molecule has 2 saturated heterocycles. The summed E-state index contributed by atoms with van der Waals surface area (Å²) in [5.74, 6) is 1.38. The molecule has 144 valence electrons. The number of nitrogens with one attached hydrogen (secondary N) is 2. The van der Waals surface area contributed by atoms with Crippen LogP contribution in [0.15, 0.2) is 42.5 Å². The van der Waals surface area contributed by atoms with E-state index >= 15 is 0 Å². The van der Waals surface area contributed by atoms with Crippen molar-refractivity contribution in [2.24, 2.45) is 11.8 Å². The number of carbonyl (C=O) groups excluding carboxylic acids is 1. The monoisotopic (exact) mass is 365 g/mol. The number of rotatable bonds is 4. The van der Waals surface area contributed by atoms with Gasteiger partial charge in [0.1, 0.15) is 0 Å². The van der Waals surface area contributed by atoms with Gasteiger partial charge in [-0.05, 0) is 41.5 Å². The van der Waals surface area contributed by atoms with E-state index in [2.05, 4.69) is 72.1 Å². The Morgan fingerprint density at radius 3 is 2.89 bits per heavy atom. The number of amides is 1. The third-order valence-corrected chi connectivity index (χ3v) is 6.56. The molecular formula is C23H31N3O. The fourth-order valence-electron chi connectivity index (χ4n) is 4.83. The molecule has 2 N–H and O–H groups in total. The second-order valence-corrected chi connectivity index (χ2v) is 8.22. The molecule has 4 unspecified atom stereocenters. The first kappa shape index (κ1) is 18.5. The van der Waals surface area contributed by atoms with Gasteiger partial charge in [0.15, 0.2) is 0 Å². The summed E-state index contributed by atoms with van der Waals surface area (Å²) in [6.07, 6.45) is 3.21. The number of carbonyl (C=O) groups is 1. The van der Waals surface area contributed by atoms with E-state index in [0.29, 0.717) is 23.8 Å². The zero-order chi connectivity index (χ0) is 18.8. The van der Waals surface area contributed by atoms with E-state index in [4.69, 9.17) is 0 Å². The van der Waals surface area contributed by atoms with Gasteiger partial charge >= 0.3 is 0 Å². The molecule has 2 aliphatic rings. The van der Waals surface area contributed by atoms with Gasteiger partial charge in [-0.25, -0.2) is 0 Å². The molecule has 2 heterocycles. The fraction of sp³-hybridized carbons (Fsp3) is 0.522. The van der Waals surface area contributed by atoms with Gasteiger partial charge in [-0.2, -0.15) is 0 Å². The largest absolute Gasteiger partial charge is 0.342 e. The first-order chi connectivity index (χ1) is 13.2. The van der Waals surface area contributed by atoms with E-state index in [0.717, 1.165) is 32.5 Å². The molecule has 0 aliphatic carbocycles. The Hall–Kier alpha value is -1.91. The average molecular weight is 366 g/mol. The molecule has 4 atom stereocenters. The summed E-state index contributed by atoms with van der Waals surface area (Å²) in [6, 6.07) is 15.7. The van der Waals surface area contributed by atoms with Gasteiger partial charge < -0.3 is 4.90 Å². The molecule has 2 aromatic rings. The van der Waals surface area contributed by atoms with E-state index in [1.165, 1.54) is 22.8 Å². The van der Waals surface area contributed by atoms with Crippen LogP contribution in [-0.4, -0.2) is 36.5 Å². The molecule has 0 saturated carbocycles. The predicted molar refractivity (Wildman–Crippen MR) is 110 cm³/mol. The van der Waals surface area contributed by atoms with Crippen LogP contribution in [-0.2, 0) is 4.79 Å². The molecule has 0 aromatic heterocycles. The Morgan fingerprint density at radius 1 is 1.22 bits per heavy atom. The number of piperidine rings is 1. The lowest BCUT2D eigenvalue weighted by Crippen LogP contribution is -2.49. The van der Waals surface area contributed by atoms with Crippen molar-refractivity contribution < 1.29 is 4.79 Å². The van der Waals surface area contributed by atoms with Gasteiger partial charge in [0.2, 0.25) is 5.91 Å². The lowest BCUT2D eigenvalue weighted by molar-refractivity contribution is -0.137. The first-order valence-electron chi connectivity index (χ1n) is 10.4. The molecule has 2 aromatic carbocycles. The molecular weight excluding hydrogens is 334 g/mol. The Bertz CT molecular complexity index is 800. The number of benzene rings is 2. The highest BCUT2D eigenvalue weighted by atomic mass is 16.2. The maximum absolute atomic E-state index is 12.7. The molecule has 4 heteroatoms. The molecule has 0 bridgehead atoms. The number of hydrogen-bond donors (Lipinski definition) is 2. The summed E-state index contributed by atoms with van der Waals surface area (Å²) in [7, 11) is 0. The second-order valence-electron chi connectivity index (χ2n) is 8.22. The van der Waals surface area contributed by atoms with Crippen molar-refractivity contribution in [1.29, 1.82) is 0 Å². The molecule has 4 rings (SSSR count). The molecule has 2 fully saturated rings. The normalized spacial score (nSPS) is 27.0. The molecule has 2 aliphatic heterocycles. The van der Waals surface area contributed by atoms with Gasteiger partial charge in [-0.1, -0.05) is 56.3 Å². The van der Waals surface area contributed by atoms with E-state index in [9.17, 15) is 4.79 Å². The van der Waals surface area contributed by atoms with Crippen LogP contribution in [0.2, 0.25) is 0 Å². The minimum absolute atomic E-state index is 0.132. The third-order valence-electron chi connectivity index (χ3n) is 6.56. The van der Waals surface area contributed by atoms with Crippen LogP contribution in [0.5, 0.6) is 0 Å². The fourth-order valence-corrected chi connectivity index (χ4v) is 4.83. The summed E-state index contributed by atoms with van der Waals surface area (Å²) in [6.45, 7) is 6.89. The Kier molecular flexibility index (Phi) is 5.46. The minimum atomic E-state index is 0.132. The molecule has 4 nitrogen and oxygen atoms in total. The predicted octanol–water partition coefficient (Wildman–Crippen LogP) is 3.68. The highest BCUT2D eigenvalue weighted by molar-refractivity contribution is 5.86. The van der Waals surface area contributed by atoms with Crippen LogP contribution < -0.4 is 10.9 Å². The topological polar surface area (TPSA) is 44.4 Å². The summed E-state index contributed by atoms with van der Waals surface area (Å²) >= 11 is 0. The second kappa shape index (κ2) is 7.99. The van der Waals surface area contributed by atoms with Crippen LogP contribution in [0.4, 0.5) is 0 Å². The smallest absolute Gasteiger partial charge is 0.225 e. The van der Waals surface area contributed by atoms with Crippen LogP contribution >= 0.6 is 0 Å². The number of hydrogen-bond acceptors (Lipinski definition) is 3. The summed E-state index contributed by atoms with van der Waals surface area (Å²) in [4.78, 5) is 14.8. The SMILES string of the molecule is CCC(C)C(=O)N1CCCC(C2NNCC2c2cccc3ccccc23)C1. The summed E-state index contributed by atoms with van der Waals surface area (Å²) in [5.41, 5.74) is 8.38. The molecule has 1 amide bonds. The van der Waals surface area contributed by atoms with Crippen LogP contribution in [0.3, 0.4) is 0 Å². The van der Waals surface area contributed by atoms with E-state index in [-0.39, 0.29) is 5.92 Å². The van der Waals surface area contributed by atoms with Crippen LogP contribution in [0.25, 0.3) is 10.8 Å². The highest BCUT2D eigenvalue weighted by Crippen LogP contribution is 2.35. The zero-order valence-corrected chi connectivity index (χ0v) is 16.4. The maximum atomic E-state index is 12.7. The molecule has 0 spiro atoms. The van der Waals surface area contributed by atoms with Crippen LogP contribution in [0.1, 0.15) is 44.6 Å². The first-order valence-corrected chi connectivity index (χ1v) is 10.4. The third kappa shape index (κ3) is 3.61. The number of likely N-dealkylation sites (tertiary alicyclic amines) is 1. The van der Waals surface area contributed by atoms with Crippen LogP contribution in [0, 0.1) is 11.8 Å². The van der Waals surface area contributed by atoms with Gasteiger partial charge in [-0.3, -0.25) is 15.6 Å². The van der Waals surface area contributed by atoms with Crippen molar-refractivity contribution in [3.05, 3.63) is 48.0 Å². The summed E-state index contributed by atoms with van der Waals surface area (Å²) < 4.78 is 0. The standard InChI is InChI=1S/C23H31N3O/c1-3-16(2)23(27)26-13-7-10-18(15-26)22-21(14-24-25-22)20-12-6-9-17-8-4-5-11-19(17)20/h4-6,8-9,11-12,16,18,21-22,24-25H,3,7,10,13-15H2,1-2H3. The minimum Gasteiger partial charge on any atom is -0.342 e.